The zero-order chi connectivity index (χ0) is 16.6. The lowest BCUT2D eigenvalue weighted by molar-refractivity contribution is -0.932. The highest BCUT2D eigenvalue weighted by Gasteiger charge is 2.55. The minimum absolute atomic E-state index is 0.121. The van der Waals surface area contributed by atoms with Gasteiger partial charge in [-0.3, -0.25) is 4.79 Å². The van der Waals surface area contributed by atoms with E-state index in [0.717, 1.165) is 22.9 Å². The molecule has 2 heterocycles. The fraction of sp³-hybridized carbons (Fsp3) is 0.611. The second kappa shape index (κ2) is 6.23. The van der Waals surface area contributed by atoms with Crippen molar-refractivity contribution < 1.29 is 24.2 Å². The summed E-state index contributed by atoms with van der Waals surface area (Å²) in [4.78, 5) is 12.5. The number of hydrogen-bond donors (Lipinski definition) is 2. The van der Waals surface area contributed by atoms with Gasteiger partial charge in [0.05, 0.1) is 26.7 Å². The molecule has 5 atom stereocenters. The summed E-state index contributed by atoms with van der Waals surface area (Å²) in [6, 6.07) is 9.68. The number of nitrogens with zero attached hydrogens (tertiary/aromatic N) is 1. The lowest BCUT2D eigenvalue weighted by Crippen LogP contribution is -2.57. The first kappa shape index (κ1) is 16.4. The summed E-state index contributed by atoms with van der Waals surface area (Å²) in [6.45, 7) is -0.257. The molecule has 1 aromatic carbocycles. The molecule has 2 aliphatic heterocycles. The van der Waals surface area contributed by atoms with Gasteiger partial charge in [0, 0.05) is 19.3 Å². The largest absolute Gasteiger partial charge is 0.461 e. The lowest BCUT2D eigenvalue weighted by atomic mass is 9.96. The Hall–Kier alpha value is -1.43. The summed E-state index contributed by atoms with van der Waals surface area (Å²) in [5, 5.41) is 19.8. The third-order valence-corrected chi connectivity index (χ3v) is 5.74. The third kappa shape index (κ3) is 3.01. The molecule has 2 saturated heterocycles. The molecule has 0 radical (unpaired) electrons. The molecule has 2 fully saturated rings. The van der Waals surface area contributed by atoms with Gasteiger partial charge in [0.1, 0.15) is 24.2 Å². The number of piperidine rings is 1. The van der Waals surface area contributed by atoms with E-state index in [4.69, 9.17) is 4.74 Å². The summed E-state index contributed by atoms with van der Waals surface area (Å²) in [5.74, 6) is -1.01. The molecular weight excluding hydrogens is 294 g/mol. The van der Waals surface area contributed by atoms with Gasteiger partial charge in [-0.1, -0.05) is 30.3 Å². The third-order valence-electron chi connectivity index (χ3n) is 5.74. The predicted molar refractivity (Wildman–Crippen MR) is 85.7 cm³/mol. The van der Waals surface area contributed by atoms with Gasteiger partial charge < -0.3 is 19.4 Å². The van der Waals surface area contributed by atoms with Gasteiger partial charge in [-0.2, -0.15) is 0 Å². The average molecular weight is 320 g/mol. The minimum Gasteiger partial charge on any atom is -0.461 e. The first-order chi connectivity index (χ1) is 10.9. The van der Waals surface area contributed by atoms with Crippen LogP contribution in [0.2, 0.25) is 0 Å². The van der Waals surface area contributed by atoms with Gasteiger partial charge in [0.2, 0.25) is 0 Å². The van der Waals surface area contributed by atoms with Crippen molar-refractivity contribution in [1.82, 2.24) is 0 Å². The number of aliphatic hydroxyl groups excluding tert-OH is 2. The van der Waals surface area contributed by atoms with Crippen LogP contribution < -0.4 is 0 Å². The molecule has 2 aliphatic rings. The topological polar surface area (TPSA) is 66.8 Å². The first-order valence-corrected chi connectivity index (χ1v) is 8.31. The van der Waals surface area contributed by atoms with E-state index in [0.29, 0.717) is 12.5 Å². The Labute approximate surface area is 137 Å². The summed E-state index contributed by atoms with van der Waals surface area (Å²) in [7, 11) is 4.29. The Bertz CT molecular complexity index is 559. The Morgan fingerprint density at radius 1 is 1.26 bits per heavy atom. The Morgan fingerprint density at radius 3 is 2.57 bits per heavy atom. The smallest absolute Gasteiger partial charge is 0.316 e. The molecule has 126 valence electrons. The highest BCUT2D eigenvalue weighted by Crippen LogP contribution is 2.41. The van der Waals surface area contributed by atoms with E-state index in [1.807, 2.05) is 30.3 Å². The number of carbonyl (C=O) groups excluding carboxylic acids is 1. The molecule has 0 aromatic heterocycles. The van der Waals surface area contributed by atoms with Crippen LogP contribution in [0, 0.1) is 0 Å². The van der Waals surface area contributed by atoms with Crippen LogP contribution in [0.15, 0.2) is 30.3 Å². The van der Waals surface area contributed by atoms with Crippen LogP contribution >= 0.6 is 0 Å². The molecule has 3 rings (SSSR count). The molecule has 1 aromatic rings. The summed E-state index contributed by atoms with van der Waals surface area (Å²) in [5.41, 5.74) is 0.773. The number of esters is 1. The normalized spacial score (nSPS) is 33.2. The molecule has 0 aliphatic carbocycles. The Morgan fingerprint density at radius 2 is 1.96 bits per heavy atom. The van der Waals surface area contributed by atoms with Crippen LogP contribution in [0.25, 0.3) is 0 Å². The number of ether oxygens (including phenoxy) is 1. The lowest BCUT2D eigenvalue weighted by Gasteiger charge is -2.44. The molecule has 0 saturated carbocycles. The van der Waals surface area contributed by atoms with Gasteiger partial charge in [0.25, 0.3) is 0 Å². The van der Waals surface area contributed by atoms with Crippen molar-refractivity contribution in [1.29, 1.82) is 0 Å². The average Bonchev–Trinajstić information content (AvgIpc) is 2.65. The van der Waals surface area contributed by atoms with Crippen LogP contribution in [-0.2, 0) is 9.53 Å². The highest BCUT2D eigenvalue weighted by molar-refractivity contribution is 5.78. The van der Waals surface area contributed by atoms with Crippen LogP contribution in [0.3, 0.4) is 0 Å². The quantitative estimate of drug-likeness (QED) is 0.643. The fourth-order valence-electron chi connectivity index (χ4n) is 4.23. The van der Waals surface area contributed by atoms with Gasteiger partial charge in [-0.05, 0) is 5.56 Å². The Kier molecular flexibility index (Phi) is 4.45. The number of benzene rings is 1. The standard InChI is InChI=1S/C18H26NO4/c1-19(2)13-8-14(10-16(19)17(21)9-13)23-18(22)15(11-20)12-6-4-3-5-7-12/h3-7,13-17,20-21H,8-11H2,1-2H3/q+1. The molecule has 0 amide bonds. The van der Waals surface area contributed by atoms with Crippen molar-refractivity contribution in [3.8, 4) is 0 Å². The van der Waals surface area contributed by atoms with Gasteiger partial charge in [-0.15, -0.1) is 0 Å². The van der Waals surface area contributed by atoms with E-state index < -0.39 is 5.92 Å². The van der Waals surface area contributed by atoms with Crippen molar-refractivity contribution >= 4 is 5.97 Å². The van der Waals surface area contributed by atoms with E-state index in [2.05, 4.69) is 14.1 Å². The SMILES string of the molecule is C[N+]1(C)C2CC(OC(=O)C(CO)c3ccccc3)CC1C(O)C2. The number of likely N-dealkylation sites (N-methyl/N-ethyl adjacent to an activating group) is 1. The molecule has 5 unspecified atom stereocenters. The summed E-state index contributed by atoms with van der Waals surface area (Å²) in [6.07, 6.45) is 1.75. The van der Waals surface area contributed by atoms with Crippen molar-refractivity contribution in [3.05, 3.63) is 35.9 Å². The van der Waals surface area contributed by atoms with Gasteiger partial charge in [0.15, 0.2) is 0 Å². The minimum atomic E-state index is -0.636. The van der Waals surface area contributed by atoms with Crippen LogP contribution in [-0.4, -0.2) is 65.7 Å². The number of hydrogen-bond acceptors (Lipinski definition) is 4. The van der Waals surface area contributed by atoms with Crippen molar-refractivity contribution in [3.63, 3.8) is 0 Å². The van der Waals surface area contributed by atoms with Crippen LogP contribution in [0.1, 0.15) is 30.7 Å². The molecule has 5 heteroatoms. The van der Waals surface area contributed by atoms with Gasteiger partial charge >= 0.3 is 5.97 Å². The zero-order valence-corrected chi connectivity index (χ0v) is 13.8. The van der Waals surface area contributed by atoms with Crippen molar-refractivity contribution in [2.45, 2.75) is 49.5 Å². The number of rotatable bonds is 4. The van der Waals surface area contributed by atoms with Crippen molar-refractivity contribution in [2.24, 2.45) is 0 Å². The number of fused-ring (bicyclic) bond motifs is 2. The number of aliphatic hydroxyl groups is 2. The molecule has 23 heavy (non-hydrogen) atoms. The zero-order valence-electron chi connectivity index (χ0n) is 13.8. The molecule has 5 nitrogen and oxygen atoms in total. The van der Waals surface area contributed by atoms with Gasteiger partial charge in [-0.25, -0.2) is 0 Å². The maximum Gasteiger partial charge on any atom is 0.316 e. The van der Waals surface area contributed by atoms with E-state index in [1.165, 1.54) is 0 Å². The summed E-state index contributed by atoms with van der Waals surface area (Å²) < 4.78 is 6.50. The van der Waals surface area contributed by atoms with Crippen LogP contribution in [0.4, 0.5) is 0 Å². The van der Waals surface area contributed by atoms with Crippen molar-refractivity contribution in [2.75, 3.05) is 20.7 Å². The van der Waals surface area contributed by atoms with E-state index >= 15 is 0 Å². The maximum atomic E-state index is 12.5. The first-order valence-electron chi connectivity index (χ1n) is 8.31. The second-order valence-corrected chi connectivity index (χ2v) is 7.33. The van der Waals surface area contributed by atoms with E-state index in [9.17, 15) is 15.0 Å². The number of carbonyl (C=O) groups is 1. The Balaban J connectivity index is 1.67. The van der Waals surface area contributed by atoms with Crippen LogP contribution in [0.5, 0.6) is 0 Å². The highest BCUT2D eigenvalue weighted by atomic mass is 16.5. The summed E-state index contributed by atoms with van der Waals surface area (Å²) >= 11 is 0. The molecular formula is C18H26NO4+. The molecule has 0 spiro atoms. The maximum absolute atomic E-state index is 12.5. The predicted octanol–water partition coefficient (Wildman–Crippen LogP) is 1.05. The van der Waals surface area contributed by atoms with E-state index in [1.54, 1.807) is 0 Å². The monoisotopic (exact) mass is 320 g/mol. The number of quaternary nitrogens is 1. The van der Waals surface area contributed by atoms with E-state index in [-0.39, 0.29) is 30.8 Å². The molecule has 2 bridgehead atoms. The fourth-order valence-corrected chi connectivity index (χ4v) is 4.23. The molecule has 2 N–H and O–H groups in total. The second-order valence-electron chi connectivity index (χ2n) is 7.33.